The molecule has 1 aliphatic rings. The Labute approximate surface area is 201 Å². The van der Waals surface area contributed by atoms with E-state index in [4.69, 9.17) is 33.3 Å². The first kappa shape index (κ1) is 23.9. The van der Waals surface area contributed by atoms with Crippen molar-refractivity contribution >= 4 is 41.6 Å². The van der Waals surface area contributed by atoms with Gasteiger partial charge in [0.15, 0.2) is 0 Å². The number of nitrogens with zero attached hydrogens (tertiary/aromatic N) is 4. The molecular weight excluding hydrogens is 451 g/mol. The highest BCUT2D eigenvalue weighted by Crippen LogP contribution is 2.41. The highest BCUT2D eigenvalue weighted by atomic mass is 35.5. The van der Waals surface area contributed by atoms with E-state index in [9.17, 15) is 0 Å². The Hall–Kier alpha value is -1.75. The predicted molar refractivity (Wildman–Crippen MR) is 132 cm³/mol. The highest BCUT2D eigenvalue weighted by Gasteiger charge is 2.31. The lowest BCUT2D eigenvalue weighted by atomic mass is 9.98. The molecule has 0 N–H and O–H groups in total. The number of rotatable bonds is 8. The van der Waals surface area contributed by atoms with Gasteiger partial charge in [-0.05, 0) is 56.4 Å². The van der Waals surface area contributed by atoms with Gasteiger partial charge < -0.3 is 4.90 Å². The standard InChI is InChI=1S/C24H28Cl2N4.ClH/c1-4-13-29(23(14-18-7-8-18)19-9-5-16(2)6-10-19)24-27-17(3)30(28-24)22-12-11-20(25)15-21(22)26;/h5-6,9-12,15,18,23H,4,7-8,13-14H2,1-3H3;1H. The molecule has 7 heteroatoms. The number of anilines is 1. The van der Waals surface area contributed by atoms with Crippen molar-refractivity contribution in [2.75, 3.05) is 11.4 Å². The first-order valence-corrected chi connectivity index (χ1v) is 11.4. The maximum absolute atomic E-state index is 6.45. The zero-order valence-corrected chi connectivity index (χ0v) is 20.5. The Balaban J connectivity index is 0.00000272. The van der Waals surface area contributed by atoms with E-state index in [-0.39, 0.29) is 18.4 Å². The lowest BCUT2D eigenvalue weighted by Crippen LogP contribution is -2.31. The van der Waals surface area contributed by atoms with Crippen LogP contribution in [-0.2, 0) is 0 Å². The second kappa shape index (κ2) is 10.2. The van der Waals surface area contributed by atoms with E-state index >= 15 is 0 Å². The molecule has 1 heterocycles. The van der Waals surface area contributed by atoms with Crippen LogP contribution in [0.25, 0.3) is 5.69 Å². The molecule has 1 unspecified atom stereocenters. The Bertz CT molecular complexity index is 1010. The summed E-state index contributed by atoms with van der Waals surface area (Å²) in [5, 5.41) is 6.06. The molecule has 1 saturated carbocycles. The molecule has 2 aromatic carbocycles. The summed E-state index contributed by atoms with van der Waals surface area (Å²) >= 11 is 12.5. The van der Waals surface area contributed by atoms with Gasteiger partial charge in [-0.15, -0.1) is 17.5 Å². The summed E-state index contributed by atoms with van der Waals surface area (Å²) in [6.07, 6.45) is 4.81. The molecule has 166 valence electrons. The summed E-state index contributed by atoms with van der Waals surface area (Å²) in [6, 6.07) is 14.6. The molecule has 31 heavy (non-hydrogen) atoms. The summed E-state index contributed by atoms with van der Waals surface area (Å²) in [5.74, 6) is 2.36. The Morgan fingerprint density at radius 2 is 1.81 bits per heavy atom. The van der Waals surface area contributed by atoms with Gasteiger partial charge in [0.2, 0.25) is 5.95 Å². The fourth-order valence-corrected chi connectivity index (χ4v) is 4.40. The lowest BCUT2D eigenvalue weighted by Gasteiger charge is -2.31. The van der Waals surface area contributed by atoms with E-state index in [0.29, 0.717) is 10.0 Å². The molecule has 1 atom stereocenters. The van der Waals surface area contributed by atoms with E-state index in [2.05, 4.69) is 43.0 Å². The molecule has 4 nitrogen and oxygen atoms in total. The van der Waals surface area contributed by atoms with Gasteiger partial charge in [-0.25, -0.2) is 4.68 Å². The van der Waals surface area contributed by atoms with Crippen molar-refractivity contribution in [1.82, 2.24) is 14.8 Å². The maximum Gasteiger partial charge on any atom is 0.245 e. The molecule has 3 aromatic rings. The van der Waals surface area contributed by atoms with Crippen LogP contribution in [0, 0.1) is 19.8 Å². The van der Waals surface area contributed by atoms with Crippen molar-refractivity contribution in [2.24, 2.45) is 5.92 Å². The van der Waals surface area contributed by atoms with Crippen molar-refractivity contribution < 1.29 is 0 Å². The number of hydrogen-bond donors (Lipinski definition) is 0. The van der Waals surface area contributed by atoms with Gasteiger partial charge in [-0.1, -0.05) is 72.8 Å². The average molecular weight is 480 g/mol. The second-order valence-electron chi connectivity index (χ2n) is 8.27. The van der Waals surface area contributed by atoms with Crippen molar-refractivity contribution in [3.8, 4) is 5.69 Å². The van der Waals surface area contributed by atoms with Crippen LogP contribution < -0.4 is 4.90 Å². The number of aryl methyl sites for hydroxylation is 2. The summed E-state index contributed by atoms with van der Waals surface area (Å²) in [6.45, 7) is 7.21. The van der Waals surface area contributed by atoms with Gasteiger partial charge >= 0.3 is 0 Å². The third-order valence-corrected chi connectivity index (χ3v) is 6.25. The van der Waals surface area contributed by atoms with E-state index in [1.807, 2.05) is 23.7 Å². The minimum Gasteiger partial charge on any atom is -0.332 e. The molecular formula is C24H29Cl3N4. The molecule has 0 aliphatic heterocycles. The van der Waals surface area contributed by atoms with E-state index in [1.165, 1.54) is 24.0 Å². The molecule has 0 spiro atoms. The van der Waals surface area contributed by atoms with E-state index < -0.39 is 0 Å². The third-order valence-electron chi connectivity index (χ3n) is 5.71. The fourth-order valence-electron chi connectivity index (χ4n) is 3.92. The Morgan fingerprint density at radius 3 is 2.42 bits per heavy atom. The quantitative estimate of drug-likeness (QED) is 0.338. The zero-order valence-electron chi connectivity index (χ0n) is 18.2. The van der Waals surface area contributed by atoms with Crippen LogP contribution in [0.2, 0.25) is 10.0 Å². The maximum atomic E-state index is 6.45. The topological polar surface area (TPSA) is 34.0 Å². The Morgan fingerprint density at radius 1 is 1.10 bits per heavy atom. The highest BCUT2D eigenvalue weighted by molar-refractivity contribution is 6.35. The average Bonchev–Trinajstić information content (AvgIpc) is 3.46. The number of halogens is 3. The number of benzene rings is 2. The summed E-state index contributed by atoms with van der Waals surface area (Å²) in [7, 11) is 0. The molecule has 1 fully saturated rings. The minimum absolute atomic E-state index is 0. The predicted octanol–water partition coefficient (Wildman–Crippen LogP) is 7.37. The SMILES string of the molecule is CCCN(c1nc(C)n(-c2ccc(Cl)cc2Cl)n1)C(CC1CC1)c1ccc(C)cc1.Cl. The second-order valence-corrected chi connectivity index (χ2v) is 9.11. The fraction of sp³-hybridized carbons (Fsp3) is 0.417. The van der Waals surface area contributed by atoms with Crippen LogP contribution in [0.3, 0.4) is 0 Å². The van der Waals surface area contributed by atoms with Crippen LogP contribution in [0.1, 0.15) is 55.6 Å². The van der Waals surface area contributed by atoms with Crippen molar-refractivity contribution in [2.45, 2.75) is 52.5 Å². The van der Waals surface area contributed by atoms with Crippen LogP contribution >= 0.6 is 35.6 Å². The van der Waals surface area contributed by atoms with Crippen LogP contribution in [-0.4, -0.2) is 21.3 Å². The molecule has 4 rings (SSSR count). The minimum atomic E-state index is 0. The molecule has 1 aromatic heterocycles. The lowest BCUT2D eigenvalue weighted by molar-refractivity contribution is 0.527. The van der Waals surface area contributed by atoms with Crippen molar-refractivity contribution in [3.05, 3.63) is 69.5 Å². The first-order chi connectivity index (χ1) is 14.5. The molecule has 0 amide bonds. The molecule has 1 aliphatic carbocycles. The normalized spacial score (nSPS) is 14.2. The number of aromatic nitrogens is 3. The van der Waals surface area contributed by atoms with Gasteiger partial charge in [0.25, 0.3) is 0 Å². The Kier molecular flexibility index (Phi) is 7.90. The smallest absolute Gasteiger partial charge is 0.245 e. The zero-order chi connectivity index (χ0) is 21.3. The summed E-state index contributed by atoms with van der Waals surface area (Å²) in [4.78, 5) is 7.22. The van der Waals surface area contributed by atoms with Crippen LogP contribution in [0.4, 0.5) is 5.95 Å². The van der Waals surface area contributed by atoms with E-state index in [1.54, 1.807) is 6.07 Å². The monoisotopic (exact) mass is 478 g/mol. The van der Waals surface area contributed by atoms with Crippen LogP contribution in [0.5, 0.6) is 0 Å². The van der Waals surface area contributed by atoms with Gasteiger partial charge in [0, 0.05) is 11.6 Å². The summed E-state index contributed by atoms with van der Waals surface area (Å²) in [5.41, 5.74) is 3.41. The van der Waals surface area contributed by atoms with Gasteiger partial charge in [-0.3, -0.25) is 0 Å². The molecule has 0 radical (unpaired) electrons. The molecule has 0 saturated heterocycles. The van der Waals surface area contributed by atoms with E-state index in [0.717, 1.165) is 42.8 Å². The largest absolute Gasteiger partial charge is 0.332 e. The summed E-state index contributed by atoms with van der Waals surface area (Å²) < 4.78 is 1.82. The third kappa shape index (κ3) is 5.54. The van der Waals surface area contributed by atoms with Gasteiger partial charge in [0.1, 0.15) is 5.82 Å². The van der Waals surface area contributed by atoms with Crippen molar-refractivity contribution in [1.29, 1.82) is 0 Å². The number of hydrogen-bond acceptors (Lipinski definition) is 3. The van der Waals surface area contributed by atoms with Crippen LogP contribution in [0.15, 0.2) is 42.5 Å². The van der Waals surface area contributed by atoms with Crippen molar-refractivity contribution in [3.63, 3.8) is 0 Å². The first-order valence-electron chi connectivity index (χ1n) is 10.7. The van der Waals surface area contributed by atoms with Gasteiger partial charge in [0.05, 0.1) is 16.8 Å². The molecule has 0 bridgehead atoms. The van der Waals surface area contributed by atoms with Gasteiger partial charge in [-0.2, -0.15) is 4.98 Å².